The number of carbonyl (C=O) groups excluding carboxylic acids is 1. The summed E-state index contributed by atoms with van der Waals surface area (Å²) in [6, 6.07) is 13.9. The van der Waals surface area contributed by atoms with Crippen molar-refractivity contribution in [2.45, 2.75) is 6.92 Å². The summed E-state index contributed by atoms with van der Waals surface area (Å²) in [6.07, 6.45) is 0. The van der Waals surface area contributed by atoms with Crippen LogP contribution in [0.15, 0.2) is 48.5 Å². The van der Waals surface area contributed by atoms with Gasteiger partial charge in [0.1, 0.15) is 5.75 Å². The van der Waals surface area contributed by atoms with Gasteiger partial charge in [0.15, 0.2) is 5.78 Å². The Kier molecular flexibility index (Phi) is 3.45. The van der Waals surface area contributed by atoms with Crippen LogP contribution < -0.4 is 0 Å². The minimum atomic E-state index is 0.0440. The summed E-state index contributed by atoms with van der Waals surface area (Å²) in [5.74, 6) is 6.18. The molecule has 0 radical (unpaired) electrons. The standard InChI is InChI=1S/C16H12O2/c1-12(17)15-9-7-13(8-10-15)5-6-14-3-2-4-16(18)11-14/h2-4,7-11,18H,1H3. The normalized spacial score (nSPS) is 9.39. The van der Waals surface area contributed by atoms with Crippen molar-refractivity contribution in [2.24, 2.45) is 0 Å². The molecule has 18 heavy (non-hydrogen) atoms. The number of hydrogen-bond acceptors (Lipinski definition) is 2. The second-order valence-electron chi connectivity index (χ2n) is 3.93. The molecule has 0 spiro atoms. The second-order valence-corrected chi connectivity index (χ2v) is 3.93. The van der Waals surface area contributed by atoms with Gasteiger partial charge in [0.25, 0.3) is 0 Å². The van der Waals surface area contributed by atoms with Crippen molar-refractivity contribution in [2.75, 3.05) is 0 Å². The first-order valence-electron chi connectivity index (χ1n) is 5.57. The lowest BCUT2D eigenvalue weighted by Gasteiger charge is -1.95. The van der Waals surface area contributed by atoms with E-state index < -0.39 is 0 Å². The van der Waals surface area contributed by atoms with Crippen molar-refractivity contribution >= 4 is 5.78 Å². The number of phenols is 1. The molecule has 1 N–H and O–H groups in total. The Morgan fingerprint density at radius 3 is 2.28 bits per heavy atom. The molecule has 0 atom stereocenters. The fourth-order valence-corrected chi connectivity index (χ4v) is 1.52. The number of carbonyl (C=O) groups is 1. The molecule has 0 bridgehead atoms. The van der Waals surface area contributed by atoms with Crippen LogP contribution in [0, 0.1) is 11.8 Å². The molecule has 2 rings (SSSR count). The maximum Gasteiger partial charge on any atom is 0.159 e. The molecule has 2 aromatic carbocycles. The Bertz CT molecular complexity index is 628. The van der Waals surface area contributed by atoms with Gasteiger partial charge in [-0.15, -0.1) is 0 Å². The highest BCUT2D eigenvalue weighted by atomic mass is 16.3. The van der Waals surface area contributed by atoms with Gasteiger partial charge in [-0.05, 0) is 37.3 Å². The van der Waals surface area contributed by atoms with E-state index in [1.54, 1.807) is 30.3 Å². The highest BCUT2D eigenvalue weighted by molar-refractivity contribution is 5.94. The van der Waals surface area contributed by atoms with E-state index in [0.717, 1.165) is 11.1 Å². The summed E-state index contributed by atoms with van der Waals surface area (Å²) in [5.41, 5.74) is 2.27. The van der Waals surface area contributed by atoms with E-state index in [0.29, 0.717) is 5.56 Å². The predicted molar refractivity (Wildman–Crippen MR) is 70.5 cm³/mol. The summed E-state index contributed by atoms with van der Waals surface area (Å²) in [5, 5.41) is 9.30. The molecule has 2 aromatic rings. The molecule has 0 saturated heterocycles. The van der Waals surface area contributed by atoms with E-state index in [1.807, 2.05) is 18.2 Å². The highest BCUT2D eigenvalue weighted by Gasteiger charge is 1.97. The number of hydrogen-bond donors (Lipinski definition) is 1. The summed E-state index contributed by atoms with van der Waals surface area (Å²) in [6.45, 7) is 1.54. The van der Waals surface area contributed by atoms with Crippen LogP contribution in [0.5, 0.6) is 5.75 Å². The van der Waals surface area contributed by atoms with Crippen LogP contribution in [0.25, 0.3) is 0 Å². The molecule has 0 saturated carbocycles. The smallest absolute Gasteiger partial charge is 0.159 e. The first-order chi connectivity index (χ1) is 8.65. The zero-order valence-electron chi connectivity index (χ0n) is 9.97. The van der Waals surface area contributed by atoms with E-state index >= 15 is 0 Å². The number of benzene rings is 2. The van der Waals surface area contributed by atoms with Gasteiger partial charge in [0.05, 0.1) is 0 Å². The fraction of sp³-hybridized carbons (Fsp3) is 0.0625. The third-order valence-electron chi connectivity index (χ3n) is 2.49. The third-order valence-corrected chi connectivity index (χ3v) is 2.49. The zero-order chi connectivity index (χ0) is 13.0. The molecule has 0 heterocycles. The van der Waals surface area contributed by atoms with Crippen LogP contribution in [0.4, 0.5) is 0 Å². The van der Waals surface area contributed by atoms with Crippen molar-refractivity contribution in [1.82, 2.24) is 0 Å². The number of aromatic hydroxyl groups is 1. The second kappa shape index (κ2) is 5.20. The predicted octanol–water partition coefficient (Wildman–Crippen LogP) is 2.99. The average Bonchev–Trinajstić information content (AvgIpc) is 2.37. The van der Waals surface area contributed by atoms with Crippen LogP contribution in [0.2, 0.25) is 0 Å². The van der Waals surface area contributed by atoms with Crippen molar-refractivity contribution in [3.05, 3.63) is 65.2 Å². The van der Waals surface area contributed by atoms with Gasteiger partial charge in [-0.3, -0.25) is 4.79 Å². The van der Waals surface area contributed by atoms with E-state index in [2.05, 4.69) is 11.8 Å². The lowest BCUT2D eigenvalue weighted by Crippen LogP contribution is -1.90. The van der Waals surface area contributed by atoms with E-state index in [1.165, 1.54) is 6.92 Å². The number of ketones is 1. The van der Waals surface area contributed by atoms with Crippen molar-refractivity contribution < 1.29 is 9.90 Å². The van der Waals surface area contributed by atoms with Gasteiger partial charge in [-0.1, -0.05) is 30.0 Å². The SMILES string of the molecule is CC(=O)c1ccc(C#Cc2cccc(O)c2)cc1. The molecular weight excluding hydrogens is 224 g/mol. The molecule has 0 aromatic heterocycles. The Morgan fingerprint density at radius 2 is 1.67 bits per heavy atom. The molecular formula is C16H12O2. The quantitative estimate of drug-likeness (QED) is 0.610. The van der Waals surface area contributed by atoms with Gasteiger partial charge in [-0.25, -0.2) is 0 Å². The van der Waals surface area contributed by atoms with E-state index in [9.17, 15) is 9.90 Å². The highest BCUT2D eigenvalue weighted by Crippen LogP contribution is 2.10. The Hall–Kier alpha value is -2.53. The van der Waals surface area contributed by atoms with E-state index in [4.69, 9.17) is 0 Å². The zero-order valence-corrected chi connectivity index (χ0v) is 9.97. The fourth-order valence-electron chi connectivity index (χ4n) is 1.52. The van der Waals surface area contributed by atoms with Crippen molar-refractivity contribution in [1.29, 1.82) is 0 Å². The van der Waals surface area contributed by atoms with Crippen LogP contribution in [-0.2, 0) is 0 Å². The lowest BCUT2D eigenvalue weighted by atomic mass is 10.1. The van der Waals surface area contributed by atoms with Crippen molar-refractivity contribution in [3.8, 4) is 17.6 Å². The average molecular weight is 236 g/mol. The van der Waals surface area contributed by atoms with Gasteiger partial charge < -0.3 is 5.11 Å². The Morgan fingerprint density at radius 1 is 1.00 bits per heavy atom. The molecule has 0 aliphatic carbocycles. The van der Waals surface area contributed by atoms with Crippen molar-refractivity contribution in [3.63, 3.8) is 0 Å². The summed E-state index contributed by atoms with van der Waals surface area (Å²) >= 11 is 0. The van der Waals surface area contributed by atoms with Crippen LogP contribution in [-0.4, -0.2) is 10.9 Å². The number of rotatable bonds is 1. The maximum absolute atomic E-state index is 11.1. The number of phenolic OH excluding ortho intramolecular Hbond substituents is 1. The van der Waals surface area contributed by atoms with E-state index in [-0.39, 0.29) is 11.5 Å². The molecule has 0 unspecified atom stereocenters. The van der Waals surface area contributed by atoms with Gasteiger partial charge in [0, 0.05) is 16.7 Å². The molecule has 0 fully saturated rings. The van der Waals surface area contributed by atoms with Crippen LogP contribution in [0.1, 0.15) is 28.4 Å². The van der Waals surface area contributed by atoms with Crippen LogP contribution >= 0.6 is 0 Å². The largest absolute Gasteiger partial charge is 0.508 e. The molecule has 0 aliphatic rings. The summed E-state index contributed by atoms with van der Waals surface area (Å²) in [7, 11) is 0. The maximum atomic E-state index is 11.1. The first kappa shape index (κ1) is 11.9. The van der Waals surface area contributed by atoms with Crippen LogP contribution in [0.3, 0.4) is 0 Å². The third kappa shape index (κ3) is 2.99. The van der Waals surface area contributed by atoms with Gasteiger partial charge in [-0.2, -0.15) is 0 Å². The summed E-state index contributed by atoms with van der Waals surface area (Å²) in [4.78, 5) is 11.1. The molecule has 0 aliphatic heterocycles. The molecule has 2 heteroatoms. The monoisotopic (exact) mass is 236 g/mol. The minimum Gasteiger partial charge on any atom is -0.508 e. The Balaban J connectivity index is 2.22. The minimum absolute atomic E-state index is 0.0440. The Labute approximate surface area is 106 Å². The topological polar surface area (TPSA) is 37.3 Å². The van der Waals surface area contributed by atoms with Gasteiger partial charge >= 0.3 is 0 Å². The first-order valence-corrected chi connectivity index (χ1v) is 5.57. The number of Topliss-reactive ketones (excluding diaryl/α,β-unsaturated/α-hetero) is 1. The molecule has 0 amide bonds. The van der Waals surface area contributed by atoms with Gasteiger partial charge in [0.2, 0.25) is 0 Å². The molecule has 88 valence electrons. The molecule has 2 nitrogen and oxygen atoms in total. The lowest BCUT2D eigenvalue weighted by molar-refractivity contribution is 0.101. The summed E-state index contributed by atoms with van der Waals surface area (Å²) < 4.78 is 0.